The van der Waals surface area contributed by atoms with Gasteiger partial charge in [-0.2, -0.15) is 22.7 Å². The van der Waals surface area contributed by atoms with Crippen LogP contribution in [0.2, 0.25) is 0 Å². The predicted molar refractivity (Wildman–Crippen MR) is 87.1 cm³/mol. The summed E-state index contributed by atoms with van der Waals surface area (Å²) in [6.45, 7) is 5.61. The third-order valence-corrected chi connectivity index (χ3v) is 0.556. The average Bonchev–Trinajstić information content (AvgIpc) is 2.96. The zero-order chi connectivity index (χ0) is 23.4. The molecule has 4 nitrogen and oxygen atoms in total. The zero-order valence-corrected chi connectivity index (χ0v) is 18.2. The summed E-state index contributed by atoms with van der Waals surface area (Å²) in [6, 6.07) is 5.25. The Hall–Kier alpha value is -1.60. The van der Waals surface area contributed by atoms with Crippen molar-refractivity contribution in [2.24, 2.45) is 0 Å². The van der Waals surface area contributed by atoms with Crippen LogP contribution in [0.15, 0.2) is 0 Å². The third-order valence-electron chi connectivity index (χ3n) is 0.556. The number of nitriles is 3. The van der Waals surface area contributed by atoms with Gasteiger partial charge in [-0.1, -0.05) is 0 Å². The van der Waals surface area contributed by atoms with E-state index in [-0.39, 0.29) is 21.1 Å². The van der Waals surface area contributed by atoms with Crippen molar-refractivity contribution in [3.63, 3.8) is 0 Å². The van der Waals surface area contributed by atoms with Crippen molar-refractivity contribution in [3.05, 3.63) is 32.1 Å². The molecule has 0 aromatic heterocycles. The molecule has 1 rings (SSSR count). The molecule has 0 aromatic carbocycles. The van der Waals surface area contributed by atoms with Gasteiger partial charge in [0.15, 0.2) is 0 Å². The standard InChI is InChI=1S/C5H5.3C2H3N.C2H3O.2BF4.W/c1-2-4-5-3-1;4*1-2-3;2*2-1(3,4)5;/h1-5H;4*1H3;;;/q;;;;3*-1;+2. The van der Waals surface area contributed by atoms with E-state index in [1.807, 2.05) is 32.1 Å². The van der Waals surface area contributed by atoms with Crippen molar-refractivity contribution in [2.45, 2.75) is 27.7 Å². The molecule has 159 valence electrons. The van der Waals surface area contributed by atoms with E-state index in [4.69, 9.17) is 20.6 Å². The molecule has 0 bridgehead atoms. The molecule has 0 atom stereocenters. The number of hydrogen-bond acceptors (Lipinski definition) is 4. The first-order valence-electron chi connectivity index (χ1n) is 6.29. The van der Waals surface area contributed by atoms with Crippen LogP contribution in [0, 0.1) is 66.1 Å². The van der Waals surface area contributed by atoms with E-state index in [0.29, 0.717) is 0 Å². The molecule has 15 heteroatoms. The minimum absolute atomic E-state index is 0. The van der Waals surface area contributed by atoms with E-state index in [1.54, 1.807) is 18.2 Å². The molecule has 0 unspecified atom stereocenters. The summed E-state index contributed by atoms with van der Waals surface area (Å²) >= 11 is 0. The summed E-state index contributed by atoms with van der Waals surface area (Å²) in [4.78, 5) is 8.68. The maximum absolute atomic E-state index is 9.75. The maximum Gasteiger partial charge on any atom is 2.00 e. The topological polar surface area (TPSA) is 88.4 Å². The molecule has 28 heavy (non-hydrogen) atoms. The molecular weight excluding hydrogens is 572 g/mol. The Morgan fingerprint density at radius 2 is 0.679 bits per heavy atom. The van der Waals surface area contributed by atoms with Gasteiger partial charge >= 0.3 is 35.6 Å². The van der Waals surface area contributed by atoms with Crippen LogP contribution in [0.3, 0.4) is 0 Å². The van der Waals surface area contributed by atoms with E-state index >= 15 is 0 Å². The molecule has 0 heterocycles. The molecule has 1 fully saturated rings. The minimum Gasteiger partial charge on any atom is -0.542 e. The van der Waals surface area contributed by atoms with Gasteiger partial charge in [-0.25, -0.2) is 0 Å². The molecular formula is C13H17B2F8N3OW-. The fraction of sp³-hybridized carbons (Fsp3) is 0.308. The summed E-state index contributed by atoms with van der Waals surface area (Å²) in [5, 5.41) is 22.0. The molecule has 0 N–H and O–H groups in total. The average molecular weight is 589 g/mol. The van der Waals surface area contributed by atoms with Crippen molar-refractivity contribution < 1.29 is 60.4 Å². The summed E-state index contributed by atoms with van der Waals surface area (Å²) in [6.07, 6.45) is 11.5. The minimum atomic E-state index is -6.00. The van der Waals surface area contributed by atoms with Gasteiger partial charge in [0.2, 0.25) is 0 Å². The van der Waals surface area contributed by atoms with Crippen LogP contribution >= 0.6 is 0 Å². The maximum atomic E-state index is 9.75. The van der Waals surface area contributed by atoms with Gasteiger partial charge in [0, 0.05) is 20.8 Å². The Morgan fingerprint density at radius 1 is 0.643 bits per heavy atom. The Balaban J connectivity index is -0.0000000372. The Bertz CT molecular complexity index is 341. The Kier molecular flexibility index (Phi) is 64.9. The molecule has 1 aliphatic carbocycles. The van der Waals surface area contributed by atoms with Gasteiger partial charge in [-0.3, -0.25) is 6.29 Å². The van der Waals surface area contributed by atoms with Gasteiger partial charge in [0.25, 0.3) is 0 Å². The van der Waals surface area contributed by atoms with Crippen molar-refractivity contribution in [2.75, 3.05) is 0 Å². The van der Waals surface area contributed by atoms with Crippen LogP contribution in [0.4, 0.5) is 34.5 Å². The Labute approximate surface area is 175 Å². The molecule has 5 radical (unpaired) electrons. The van der Waals surface area contributed by atoms with Crippen LogP contribution < -0.4 is 0 Å². The normalized spacial score (nSPS) is 9.89. The Morgan fingerprint density at radius 3 is 0.714 bits per heavy atom. The number of hydrogen-bond donors (Lipinski definition) is 0. The van der Waals surface area contributed by atoms with Gasteiger partial charge in [-0.05, 0) is 32.1 Å². The van der Waals surface area contributed by atoms with E-state index in [9.17, 15) is 34.5 Å². The first-order chi connectivity index (χ1) is 12.2. The summed E-state index contributed by atoms with van der Waals surface area (Å²) in [7, 11) is -12.0. The molecule has 1 saturated carbocycles. The number of nitrogens with zero attached hydrogens (tertiary/aromatic N) is 3. The van der Waals surface area contributed by atoms with Crippen molar-refractivity contribution in [3.8, 4) is 18.2 Å². The fourth-order valence-electron chi connectivity index (χ4n) is 0.321. The first-order valence-corrected chi connectivity index (χ1v) is 6.29. The molecule has 0 saturated heterocycles. The van der Waals surface area contributed by atoms with E-state index in [1.165, 1.54) is 34.0 Å². The molecule has 0 aliphatic heterocycles. The predicted octanol–water partition coefficient (Wildman–Crippen LogP) is 5.32. The van der Waals surface area contributed by atoms with Crippen molar-refractivity contribution >= 4 is 20.8 Å². The largest absolute Gasteiger partial charge is 2.00 e. The van der Waals surface area contributed by atoms with E-state index in [0.717, 1.165) is 0 Å². The summed E-state index contributed by atoms with van der Waals surface area (Å²) in [5.41, 5.74) is 0. The van der Waals surface area contributed by atoms with Crippen molar-refractivity contribution in [1.82, 2.24) is 0 Å². The van der Waals surface area contributed by atoms with Gasteiger partial charge in [-0.15, -0.1) is 0 Å². The van der Waals surface area contributed by atoms with Gasteiger partial charge in [0.05, 0.1) is 18.2 Å². The van der Waals surface area contributed by atoms with Crippen molar-refractivity contribution in [1.29, 1.82) is 15.8 Å². The summed E-state index contributed by atoms with van der Waals surface area (Å²) < 4.78 is 78.0. The molecule has 1 aliphatic rings. The quantitative estimate of drug-likeness (QED) is 0.218. The van der Waals surface area contributed by atoms with Crippen LogP contribution in [-0.4, -0.2) is 20.8 Å². The van der Waals surface area contributed by atoms with Crippen LogP contribution in [0.25, 0.3) is 0 Å². The summed E-state index contributed by atoms with van der Waals surface area (Å²) in [5.74, 6) is 0. The second-order valence-corrected chi connectivity index (χ2v) is 2.83. The number of carbonyl (C=O) groups excluding carboxylic acids is 1. The van der Waals surface area contributed by atoms with E-state index < -0.39 is 14.5 Å². The number of halogens is 8. The molecule has 0 spiro atoms. The first kappa shape index (κ1) is 45.3. The molecule has 0 amide bonds. The SMILES string of the molecule is CC#N.CC#N.CC#N.C[C-]=O.F[B-](F)(F)F.F[B-](F)(F)F.[CH]1[CH][CH][CH][CH]1.[W+2]. The van der Waals surface area contributed by atoms with Gasteiger partial charge < -0.3 is 39.3 Å². The molecule has 0 aromatic rings. The van der Waals surface area contributed by atoms with Crippen LogP contribution in [-0.2, 0) is 25.9 Å². The van der Waals surface area contributed by atoms with Crippen LogP contribution in [0.5, 0.6) is 0 Å². The fourth-order valence-corrected chi connectivity index (χ4v) is 0.321. The van der Waals surface area contributed by atoms with E-state index in [2.05, 4.69) is 0 Å². The second kappa shape index (κ2) is 40.2. The monoisotopic (exact) mass is 589 g/mol. The smallest absolute Gasteiger partial charge is 0.542 e. The number of rotatable bonds is 0. The van der Waals surface area contributed by atoms with Crippen LogP contribution in [0.1, 0.15) is 27.7 Å². The third kappa shape index (κ3) is 1160. The van der Waals surface area contributed by atoms with Gasteiger partial charge in [0.1, 0.15) is 0 Å². The second-order valence-electron chi connectivity index (χ2n) is 2.83. The zero-order valence-electron chi connectivity index (χ0n) is 15.2.